The Bertz CT molecular complexity index is 504. The van der Waals surface area contributed by atoms with E-state index in [9.17, 15) is 4.79 Å². The summed E-state index contributed by atoms with van der Waals surface area (Å²) in [6, 6.07) is 5.46. The molecule has 2 aliphatic rings. The van der Waals surface area contributed by atoms with Gasteiger partial charge in [-0.15, -0.1) is 0 Å². The highest BCUT2D eigenvalue weighted by molar-refractivity contribution is 5.92. The molecule has 0 radical (unpaired) electrons. The van der Waals surface area contributed by atoms with E-state index in [4.69, 9.17) is 9.47 Å². The molecule has 0 unspecified atom stereocenters. The molecule has 1 aromatic rings. The molecule has 1 saturated heterocycles. The zero-order valence-electron chi connectivity index (χ0n) is 11.7. The molecule has 108 valence electrons. The van der Waals surface area contributed by atoms with Gasteiger partial charge in [0.25, 0.3) is 0 Å². The molecular formula is C15H20N2O3. The average molecular weight is 276 g/mol. The number of carbonyl (C=O) groups excluding carboxylic acids is 1. The van der Waals surface area contributed by atoms with Crippen LogP contribution in [0.1, 0.15) is 19.8 Å². The summed E-state index contributed by atoms with van der Waals surface area (Å²) in [6.45, 7) is 4.96. The van der Waals surface area contributed by atoms with Gasteiger partial charge in [0.05, 0.1) is 6.54 Å². The van der Waals surface area contributed by atoms with Crippen LogP contribution in [0.25, 0.3) is 0 Å². The molecule has 0 saturated carbocycles. The number of piperidine rings is 1. The number of nitrogens with one attached hydrogen (secondary N) is 1. The van der Waals surface area contributed by atoms with E-state index in [-0.39, 0.29) is 12.7 Å². The van der Waals surface area contributed by atoms with Crippen molar-refractivity contribution in [3.05, 3.63) is 18.2 Å². The highest BCUT2D eigenvalue weighted by atomic mass is 16.7. The first-order valence-electron chi connectivity index (χ1n) is 7.12. The molecular weight excluding hydrogens is 256 g/mol. The van der Waals surface area contributed by atoms with Gasteiger partial charge in [-0.3, -0.25) is 9.69 Å². The second kappa shape index (κ2) is 5.71. The molecule has 0 spiro atoms. The van der Waals surface area contributed by atoms with Crippen LogP contribution in [0.2, 0.25) is 0 Å². The van der Waals surface area contributed by atoms with E-state index < -0.39 is 0 Å². The van der Waals surface area contributed by atoms with Gasteiger partial charge in [0.2, 0.25) is 12.7 Å². The Balaban J connectivity index is 1.56. The molecule has 5 heteroatoms. The zero-order chi connectivity index (χ0) is 13.9. The lowest BCUT2D eigenvalue weighted by Crippen LogP contribution is -2.39. The third-order valence-corrected chi connectivity index (χ3v) is 3.76. The summed E-state index contributed by atoms with van der Waals surface area (Å²) in [4.78, 5) is 14.3. The van der Waals surface area contributed by atoms with E-state index in [1.165, 1.54) is 12.8 Å². The Hall–Kier alpha value is -1.75. The van der Waals surface area contributed by atoms with Gasteiger partial charge < -0.3 is 14.8 Å². The van der Waals surface area contributed by atoms with Crippen molar-refractivity contribution >= 4 is 11.6 Å². The van der Waals surface area contributed by atoms with Crippen LogP contribution in [0, 0.1) is 5.92 Å². The van der Waals surface area contributed by atoms with Gasteiger partial charge in [0.1, 0.15) is 0 Å². The van der Waals surface area contributed by atoms with Crippen LogP contribution in [-0.4, -0.2) is 37.2 Å². The van der Waals surface area contributed by atoms with Crippen LogP contribution in [0.3, 0.4) is 0 Å². The first kappa shape index (κ1) is 13.2. The first-order chi connectivity index (χ1) is 9.70. The number of carbonyl (C=O) groups is 1. The smallest absolute Gasteiger partial charge is 0.238 e. The van der Waals surface area contributed by atoms with Crippen molar-refractivity contribution in [2.45, 2.75) is 19.8 Å². The minimum Gasteiger partial charge on any atom is -0.454 e. The van der Waals surface area contributed by atoms with E-state index in [2.05, 4.69) is 17.1 Å². The number of likely N-dealkylation sites (tertiary alicyclic amines) is 1. The molecule has 0 aliphatic carbocycles. The maximum atomic E-state index is 12.1. The number of anilines is 1. The van der Waals surface area contributed by atoms with Crippen molar-refractivity contribution in [1.82, 2.24) is 4.90 Å². The third kappa shape index (κ3) is 3.04. The van der Waals surface area contributed by atoms with Gasteiger partial charge >= 0.3 is 0 Å². The van der Waals surface area contributed by atoms with E-state index in [1.54, 1.807) is 6.07 Å². The summed E-state index contributed by atoms with van der Waals surface area (Å²) >= 11 is 0. The molecule has 20 heavy (non-hydrogen) atoms. The van der Waals surface area contributed by atoms with Crippen molar-refractivity contribution in [3.63, 3.8) is 0 Å². The minimum atomic E-state index is 0.0259. The summed E-state index contributed by atoms with van der Waals surface area (Å²) in [6.07, 6.45) is 2.44. The monoisotopic (exact) mass is 276 g/mol. The number of hydrogen-bond acceptors (Lipinski definition) is 4. The van der Waals surface area contributed by atoms with Crippen molar-refractivity contribution in [1.29, 1.82) is 0 Å². The highest BCUT2D eigenvalue weighted by Gasteiger charge is 2.19. The summed E-state index contributed by atoms with van der Waals surface area (Å²) in [5, 5.41) is 2.92. The lowest BCUT2D eigenvalue weighted by Gasteiger charge is -2.30. The molecule has 0 bridgehead atoms. The maximum Gasteiger partial charge on any atom is 0.238 e. The van der Waals surface area contributed by atoms with E-state index in [0.29, 0.717) is 18.2 Å². The van der Waals surface area contributed by atoms with Gasteiger partial charge in [-0.1, -0.05) is 6.92 Å². The molecule has 2 heterocycles. The quantitative estimate of drug-likeness (QED) is 0.918. The molecule has 3 rings (SSSR count). The summed E-state index contributed by atoms with van der Waals surface area (Å²) in [5.74, 6) is 2.13. The lowest BCUT2D eigenvalue weighted by molar-refractivity contribution is -0.117. The van der Waals surface area contributed by atoms with Crippen LogP contribution in [0.4, 0.5) is 5.69 Å². The molecule has 5 nitrogen and oxygen atoms in total. The Morgan fingerprint density at radius 1 is 1.40 bits per heavy atom. The first-order valence-corrected chi connectivity index (χ1v) is 7.12. The number of benzene rings is 1. The van der Waals surface area contributed by atoms with Gasteiger partial charge in [-0.05, 0) is 37.4 Å². The van der Waals surface area contributed by atoms with Crippen LogP contribution < -0.4 is 14.8 Å². The largest absolute Gasteiger partial charge is 0.454 e. The van der Waals surface area contributed by atoms with Crippen molar-refractivity contribution in [2.75, 3.05) is 31.7 Å². The third-order valence-electron chi connectivity index (χ3n) is 3.76. The topological polar surface area (TPSA) is 50.8 Å². The van der Waals surface area contributed by atoms with Gasteiger partial charge in [-0.2, -0.15) is 0 Å². The Morgan fingerprint density at radius 2 is 2.25 bits per heavy atom. The van der Waals surface area contributed by atoms with E-state index in [1.807, 2.05) is 12.1 Å². The predicted octanol–water partition coefficient (Wildman–Crippen LogP) is 2.09. The van der Waals surface area contributed by atoms with E-state index >= 15 is 0 Å². The summed E-state index contributed by atoms with van der Waals surface area (Å²) in [5.41, 5.74) is 0.754. The molecule has 1 aromatic carbocycles. The van der Waals surface area contributed by atoms with Crippen LogP contribution in [0.15, 0.2) is 18.2 Å². The number of ether oxygens (including phenoxy) is 2. The molecule has 1 amide bonds. The molecule has 1 fully saturated rings. The second-order valence-electron chi connectivity index (χ2n) is 5.60. The fourth-order valence-electron chi connectivity index (χ4n) is 2.81. The fourth-order valence-corrected chi connectivity index (χ4v) is 2.81. The van der Waals surface area contributed by atoms with Crippen LogP contribution >= 0.6 is 0 Å². The van der Waals surface area contributed by atoms with Crippen molar-refractivity contribution in [3.8, 4) is 11.5 Å². The lowest BCUT2D eigenvalue weighted by atomic mass is 10.0. The molecule has 2 aliphatic heterocycles. The standard InChI is InChI=1S/C15H20N2O3/c1-11-3-2-6-17(8-11)9-15(18)16-12-4-5-13-14(7-12)20-10-19-13/h4-5,7,11H,2-3,6,8-10H2,1H3,(H,16,18)/t11-/m1/s1. The van der Waals surface area contributed by atoms with Gasteiger partial charge in [-0.25, -0.2) is 0 Å². The molecule has 1 atom stereocenters. The number of amides is 1. The number of fused-ring (bicyclic) bond motifs is 1. The number of hydrogen-bond donors (Lipinski definition) is 1. The van der Waals surface area contributed by atoms with Crippen molar-refractivity contribution in [2.24, 2.45) is 5.92 Å². The molecule has 0 aromatic heterocycles. The number of rotatable bonds is 3. The maximum absolute atomic E-state index is 12.1. The average Bonchev–Trinajstić information content (AvgIpc) is 2.86. The summed E-state index contributed by atoms with van der Waals surface area (Å²) in [7, 11) is 0. The van der Waals surface area contributed by atoms with Gasteiger partial charge in [0, 0.05) is 18.3 Å². The fraction of sp³-hybridized carbons (Fsp3) is 0.533. The zero-order valence-corrected chi connectivity index (χ0v) is 11.7. The minimum absolute atomic E-state index is 0.0259. The Kier molecular flexibility index (Phi) is 3.78. The Labute approximate surface area is 118 Å². The predicted molar refractivity (Wildman–Crippen MR) is 76.0 cm³/mol. The van der Waals surface area contributed by atoms with Crippen LogP contribution in [0.5, 0.6) is 11.5 Å². The SMILES string of the molecule is C[C@@H]1CCCN(CC(=O)Nc2ccc3c(c2)OCO3)C1. The van der Waals surface area contributed by atoms with Crippen molar-refractivity contribution < 1.29 is 14.3 Å². The van der Waals surface area contributed by atoms with E-state index in [0.717, 1.165) is 24.5 Å². The highest BCUT2D eigenvalue weighted by Crippen LogP contribution is 2.34. The van der Waals surface area contributed by atoms with Crippen LogP contribution in [-0.2, 0) is 4.79 Å². The Morgan fingerprint density at radius 3 is 3.10 bits per heavy atom. The summed E-state index contributed by atoms with van der Waals surface area (Å²) < 4.78 is 10.5. The van der Waals surface area contributed by atoms with Gasteiger partial charge in [0.15, 0.2) is 11.5 Å². The number of nitrogens with zero attached hydrogens (tertiary/aromatic N) is 1. The normalized spacial score (nSPS) is 21.8. The second-order valence-corrected chi connectivity index (χ2v) is 5.60. The molecule has 1 N–H and O–H groups in total.